The third-order valence-corrected chi connectivity index (χ3v) is 2.73. The zero-order valence-electron chi connectivity index (χ0n) is 11.6. The Labute approximate surface area is 122 Å². The molecular formula is C14H17ClNO4-. The quantitative estimate of drug-likeness (QED) is 0.914. The van der Waals surface area contributed by atoms with Gasteiger partial charge in [0.05, 0.1) is 12.0 Å². The predicted molar refractivity (Wildman–Crippen MR) is 73.3 cm³/mol. The van der Waals surface area contributed by atoms with E-state index in [0.29, 0.717) is 10.6 Å². The molecule has 0 fully saturated rings. The number of rotatable bonds is 4. The van der Waals surface area contributed by atoms with Crippen molar-refractivity contribution in [2.75, 3.05) is 0 Å². The molecule has 1 rings (SSSR count). The highest BCUT2D eigenvalue weighted by Crippen LogP contribution is 2.17. The van der Waals surface area contributed by atoms with Gasteiger partial charge in [-0.05, 0) is 38.8 Å². The number of halogens is 1. The number of hydrogen-bond donors (Lipinski definition) is 1. The lowest BCUT2D eigenvalue weighted by Crippen LogP contribution is -2.50. The Hall–Kier alpha value is -1.75. The maximum atomic E-state index is 11.6. The lowest BCUT2D eigenvalue weighted by molar-refractivity contribution is -0.308. The number of ether oxygens (including phenoxy) is 1. The largest absolute Gasteiger partial charge is 0.548 e. The van der Waals surface area contributed by atoms with Gasteiger partial charge in [-0.2, -0.15) is 0 Å². The lowest BCUT2D eigenvalue weighted by atomic mass is 10.1. The van der Waals surface area contributed by atoms with Crippen LogP contribution in [0.5, 0.6) is 0 Å². The SMILES string of the molecule is CC(C)(C)OC(=O)N[C@H](Cc1ccccc1Cl)C(=O)[O-]. The fourth-order valence-corrected chi connectivity index (χ4v) is 1.74. The van der Waals surface area contributed by atoms with Gasteiger partial charge in [-0.3, -0.25) is 0 Å². The first-order chi connectivity index (χ1) is 9.19. The van der Waals surface area contributed by atoms with Crippen molar-refractivity contribution in [3.05, 3.63) is 34.9 Å². The summed E-state index contributed by atoms with van der Waals surface area (Å²) in [4.78, 5) is 22.7. The van der Waals surface area contributed by atoms with E-state index in [1.807, 2.05) is 0 Å². The summed E-state index contributed by atoms with van der Waals surface area (Å²) >= 11 is 5.96. The van der Waals surface area contributed by atoms with Crippen LogP contribution in [-0.4, -0.2) is 23.7 Å². The average molecular weight is 299 g/mol. The van der Waals surface area contributed by atoms with Gasteiger partial charge in [-0.15, -0.1) is 0 Å². The Kier molecular flexibility index (Phi) is 5.39. The smallest absolute Gasteiger partial charge is 0.408 e. The third kappa shape index (κ3) is 5.48. The fourth-order valence-electron chi connectivity index (χ4n) is 1.53. The second kappa shape index (κ2) is 6.61. The van der Waals surface area contributed by atoms with Gasteiger partial charge in [0, 0.05) is 5.02 Å². The van der Waals surface area contributed by atoms with Gasteiger partial charge in [-0.25, -0.2) is 4.79 Å². The average Bonchev–Trinajstić information content (AvgIpc) is 2.28. The summed E-state index contributed by atoms with van der Waals surface area (Å²) in [6, 6.07) is 5.61. The molecule has 0 aliphatic rings. The molecule has 1 N–H and O–H groups in total. The molecule has 0 radical (unpaired) electrons. The van der Waals surface area contributed by atoms with Crippen molar-refractivity contribution in [1.82, 2.24) is 5.32 Å². The van der Waals surface area contributed by atoms with Crippen molar-refractivity contribution in [3.63, 3.8) is 0 Å². The highest BCUT2D eigenvalue weighted by molar-refractivity contribution is 6.31. The van der Waals surface area contributed by atoms with Gasteiger partial charge in [0.1, 0.15) is 5.60 Å². The number of amides is 1. The molecule has 0 heterocycles. The van der Waals surface area contributed by atoms with E-state index in [0.717, 1.165) is 0 Å². The Morgan fingerprint density at radius 1 is 1.35 bits per heavy atom. The molecule has 0 unspecified atom stereocenters. The number of nitrogens with one attached hydrogen (secondary N) is 1. The normalized spacial score (nSPS) is 12.6. The summed E-state index contributed by atoms with van der Waals surface area (Å²) in [6.07, 6.45) is -0.778. The lowest BCUT2D eigenvalue weighted by Gasteiger charge is -2.24. The number of benzene rings is 1. The van der Waals surface area contributed by atoms with Crippen molar-refractivity contribution >= 4 is 23.7 Å². The van der Waals surface area contributed by atoms with Crippen LogP contribution < -0.4 is 10.4 Å². The number of carboxylic acid groups (broad SMARTS) is 1. The maximum Gasteiger partial charge on any atom is 0.408 e. The van der Waals surface area contributed by atoms with Crippen molar-refractivity contribution in [2.24, 2.45) is 0 Å². The van der Waals surface area contributed by atoms with E-state index in [-0.39, 0.29) is 6.42 Å². The first kappa shape index (κ1) is 16.3. The summed E-state index contributed by atoms with van der Waals surface area (Å²) in [6.45, 7) is 5.07. The van der Waals surface area contributed by atoms with Crippen LogP contribution in [0.2, 0.25) is 5.02 Å². The molecule has 1 atom stereocenters. The van der Waals surface area contributed by atoms with Crippen LogP contribution >= 0.6 is 11.6 Å². The Bertz CT molecular complexity index is 496. The van der Waals surface area contributed by atoms with E-state index in [4.69, 9.17) is 16.3 Å². The standard InChI is InChI=1S/C14H18ClNO4/c1-14(2,3)20-13(19)16-11(12(17)18)8-9-6-4-5-7-10(9)15/h4-7,11H,8H2,1-3H3,(H,16,19)(H,17,18)/p-1/t11-/m1/s1. The Morgan fingerprint density at radius 2 is 1.95 bits per heavy atom. The van der Waals surface area contributed by atoms with Crippen LogP contribution in [0.25, 0.3) is 0 Å². The van der Waals surface area contributed by atoms with Crippen LogP contribution in [0.1, 0.15) is 26.3 Å². The minimum atomic E-state index is -1.39. The molecule has 0 aliphatic carbocycles. The van der Waals surface area contributed by atoms with E-state index < -0.39 is 23.7 Å². The molecule has 20 heavy (non-hydrogen) atoms. The number of carbonyl (C=O) groups excluding carboxylic acids is 2. The summed E-state index contributed by atoms with van der Waals surface area (Å²) < 4.78 is 5.01. The van der Waals surface area contributed by atoms with Gasteiger partial charge in [0.25, 0.3) is 0 Å². The molecule has 0 saturated carbocycles. The summed E-state index contributed by atoms with van der Waals surface area (Å²) in [5.41, 5.74) is -0.0928. The molecule has 0 bridgehead atoms. The fraction of sp³-hybridized carbons (Fsp3) is 0.429. The highest BCUT2D eigenvalue weighted by atomic mass is 35.5. The van der Waals surface area contributed by atoms with Crippen LogP contribution in [0, 0.1) is 0 Å². The van der Waals surface area contributed by atoms with E-state index in [9.17, 15) is 14.7 Å². The molecule has 5 nitrogen and oxygen atoms in total. The van der Waals surface area contributed by atoms with Gasteiger partial charge in [-0.1, -0.05) is 29.8 Å². The summed E-state index contributed by atoms with van der Waals surface area (Å²) in [5.74, 6) is -1.39. The minimum Gasteiger partial charge on any atom is -0.548 e. The minimum absolute atomic E-state index is 0.0290. The Morgan fingerprint density at radius 3 is 2.45 bits per heavy atom. The molecule has 110 valence electrons. The molecule has 0 aromatic heterocycles. The zero-order valence-corrected chi connectivity index (χ0v) is 12.4. The third-order valence-electron chi connectivity index (χ3n) is 2.36. The molecule has 1 amide bonds. The van der Waals surface area contributed by atoms with Crippen molar-refractivity contribution in [1.29, 1.82) is 0 Å². The predicted octanol–water partition coefficient (Wildman–Crippen LogP) is 1.53. The molecule has 6 heteroatoms. The molecule has 0 spiro atoms. The van der Waals surface area contributed by atoms with Crippen LogP contribution in [-0.2, 0) is 16.0 Å². The van der Waals surface area contributed by atoms with Crippen LogP contribution in [0.4, 0.5) is 4.79 Å². The van der Waals surface area contributed by atoms with E-state index >= 15 is 0 Å². The molecule has 1 aromatic rings. The van der Waals surface area contributed by atoms with Crippen molar-refractivity contribution < 1.29 is 19.4 Å². The number of alkyl carbamates (subject to hydrolysis) is 1. The van der Waals surface area contributed by atoms with E-state index in [1.54, 1.807) is 45.0 Å². The van der Waals surface area contributed by atoms with Gasteiger partial charge < -0.3 is 20.0 Å². The second-order valence-electron chi connectivity index (χ2n) is 5.31. The van der Waals surface area contributed by atoms with Crippen molar-refractivity contribution in [3.8, 4) is 0 Å². The van der Waals surface area contributed by atoms with Crippen LogP contribution in [0.15, 0.2) is 24.3 Å². The molecule has 0 aliphatic heterocycles. The molecular weight excluding hydrogens is 282 g/mol. The topological polar surface area (TPSA) is 78.5 Å². The van der Waals surface area contributed by atoms with Gasteiger partial charge in [0.2, 0.25) is 0 Å². The van der Waals surface area contributed by atoms with Gasteiger partial charge in [0.15, 0.2) is 0 Å². The molecule has 0 saturated heterocycles. The highest BCUT2D eigenvalue weighted by Gasteiger charge is 2.20. The Balaban J connectivity index is 2.74. The number of carbonyl (C=O) groups is 2. The second-order valence-corrected chi connectivity index (χ2v) is 5.72. The maximum absolute atomic E-state index is 11.6. The monoisotopic (exact) mass is 298 g/mol. The first-order valence-corrected chi connectivity index (χ1v) is 6.50. The number of aliphatic carboxylic acids is 1. The molecule has 1 aromatic carbocycles. The summed E-state index contributed by atoms with van der Waals surface area (Å²) in [7, 11) is 0. The number of hydrogen-bond acceptors (Lipinski definition) is 4. The first-order valence-electron chi connectivity index (χ1n) is 6.13. The van der Waals surface area contributed by atoms with E-state index in [1.165, 1.54) is 0 Å². The summed E-state index contributed by atoms with van der Waals surface area (Å²) in [5, 5.41) is 13.8. The van der Waals surface area contributed by atoms with Gasteiger partial charge >= 0.3 is 6.09 Å². The zero-order chi connectivity index (χ0) is 15.3. The number of carboxylic acids is 1. The van der Waals surface area contributed by atoms with E-state index in [2.05, 4.69) is 5.32 Å². The van der Waals surface area contributed by atoms with Crippen molar-refractivity contribution in [2.45, 2.75) is 38.8 Å². The van der Waals surface area contributed by atoms with Crippen LogP contribution in [0.3, 0.4) is 0 Å².